The SMILES string of the molecule is CC1(C)C(=O)N(C2C3CC4CC(C3)CC2C4)N1C(=O)c1cc(Cl)ccc1Cl. The van der Waals surface area contributed by atoms with Gasteiger partial charge in [-0.15, -0.1) is 0 Å². The van der Waals surface area contributed by atoms with Gasteiger partial charge < -0.3 is 0 Å². The molecular formula is C21H24Cl2N2O2. The average Bonchev–Trinajstić information content (AvgIpc) is 2.61. The highest BCUT2D eigenvalue weighted by Gasteiger charge is 2.62. The van der Waals surface area contributed by atoms with Gasteiger partial charge in [0, 0.05) is 5.02 Å². The van der Waals surface area contributed by atoms with Crippen LogP contribution in [0.2, 0.25) is 10.0 Å². The molecule has 6 rings (SSSR count). The summed E-state index contributed by atoms with van der Waals surface area (Å²) in [6, 6.07) is 5.06. The molecule has 1 saturated heterocycles. The summed E-state index contributed by atoms with van der Waals surface area (Å²) in [4.78, 5) is 26.5. The van der Waals surface area contributed by atoms with E-state index < -0.39 is 5.54 Å². The molecule has 27 heavy (non-hydrogen) atoms. The van der Waals surface area contributed by atoms with Gasteiger partial charge in [0.1, 0.15) is 5.54 Å². The maximum absolute atomic E-state index is 13.4. The largest absolute Gasteiger partial charge is 0.275 e. The molecule has 0 spiro atoms. The lowest BCUT2D eigenvalue weighted by Gasteiger charge is -2.65. The highest BCUT2D eigenvalue weighted by molar-refractivity contribution is 6.36. The Bertz CT molecular complexity index is 809. The van der Waals surface area contributed by atoms with Crippen LogP contribution in [0.15, 0.2) is 18.2 Å². The first-order valence-corrected chi connectivity index (χ1v) is 10.7. The Kier molecular flexibility index (Phi) is 3.87. The van der Waals surface area contributed by atoms with Crippen LogP contribution in [0.4, 0.5) is 0 Å². The van der Waals surface area contributed by atoms with Gasteiger partial charge in [-0.2, -0.15) is 0 Å². The number of hydrogen-bond donors (Lipinski definition) is 0. The Balaban J connectivity index is 1.50. The van der Waals surface area contributed by atoms with Gasteiger partial charge >= 0.3 is 0 Å². The van der Waals surface area contributed by atoms with E-state index in [0.29, 0.717) is 27.4 Å². The van der Waals surface area contributed by atoms with Gasteiger partial charge in [-0.1, -0.05) is 23.2 Å². The van der Waals surface area contributed by atoms with Gasteiger partial charge in [0.15, 0.2) is 0 Å². The summed E-state index contributed by atoms with van der Waals surface area (Å²) >= 11 is 12.4. The molecule has 0 atom stereocenters. The van der Waals surface area contributed by atoms with Crippen molar-refractivity contribution in [3.8, 4) is 0 Å². The number of hydrogen-bond acceptors (Lipinski definition) is 2. The van der Waals surface area contributed by atoms with Crippen LogP contribution in [-0.4, -0.2) is 33.4 Å². The second-order valence-corrected chi connectivity index (χ2v) is 10.2. The van der Waals surface area contributed by atoms with Crippen molar-refractivity contribution in [2.75, 3.05) is 0 Å². The van der Waals surface area contributed by atoms with E-state index in [1.807, 2.05) is 13.8 Å². The molecule has 1 aromatic rings. The molecule has 5 fully saturated rings. The van der Waals surface area contributed by atoms with Gasteiger partial charge in [-0.05, 0) is 87.8 Å². The molecule has 1 aliphatic heterocycles. The van der Waals surface area contributed by atoms with Crippen molar-refractivity contribution in [2.45, 2.75) is 57.5 Å². The predicted octanol–water partition coefficient (Wildman–Crippen LogP) is 4.80. The van der Waals surface area contributed by atoms with Crippen LogP contribution in [0, 0.1) is 23.7 Å². The smallest absolute Gasteiger partial charge is 0.270 e. The average molecular weight is 407 g/mol. The number of nitrogens with zero attached hydrogens (tertiary/aromatic N) is 2. The molecule has 4 nitrogen and oxygen atoms in total. The van der Waals surface area contributed by atoms with E-state index >= 15 is 0 Å². The van der Waals surface area contributed by atoms with Gasteiger partial charge in [-0.25, -0.2) is 10.0 Å². The third kappa shape index (κ3) is 2.49. The fourth-order valence-corrected chi connectivity index (χ4v) is 6.75. The first-order valence-electron chi connectivity index (χ1n) is 9.90. The molecule has 4 bridgehead atoms. The second kappa shape index (κ2) is 5.87. The summed E-state index contributed by atoms with van der Waals surface area (Å²) in [5, 5.41) is 4.27. The molecule has 1 heterocycles. The standard InChI is InChI=1S/C21H24Cl2N2O2/c1-21(2)20(27)24(18-13-6-11-5-12(8-13)9-14(18)7-11)25(21)19(26)16-10-15(22)3-4-17(16)23/h3-4,10-14,18H,5-9H2,1-2H3. The summed E-state index contributed by atoms with van der Waals surface area (Å²) < 4.78 is 0. The normalized spacial score (nSPS) is 36.1. The van der Waals surface area contributed by atoms with Crippen molar-refractivity contribution >= 4 is 35.0 Å². The highest BCUT2D eigenvalue weighted by atomic mass is 35.5. The third-order valence-electron chi connectivity index (χ3n) is 7.29. The molecule has 4 aliphatic carbocycles. The van der Waals surface area contributed by atoms with E-state index in [2.05, 4.69) is 0 Å². The van der Waals surface area contributed by atoms with E-state index in [4.69, 9.17) is 23.2 Å². The topological polar surface area (TPSA) is 40.6 Å². The maximum atomic E-state index is 13.4. The van der Waals surface area contributed by atoms with Crippen molar-refractivity contribution < 1.29 is 9.59 Å². The Hall–Kier alpha value is -1.26. The Labute approximate surface area is 169 Å². The Morgan fingerprint density at radius 3 is 2.22 bits per heavy atom. The lowest BCUT2D eigenvalue weighted by molar-refractivity contribution is -0.230. The number of carbonyl (C=O) groups is 2. The van der Waals surface area contributed by atoms with Gasteiger partial charge in [0.25, 0.3) is 11.8 Å². The molecule has 6 heteroatoms. The number of benzene rings is 1. The summed E-state index contributed by atoms with van der Waals surface area (Å²) in [6.45, 7) is 3.64. The predicted molar refractivity (Wildman–Crippen MR) is 104 cm³/mol. The van der Waals surface area contributed by atoms with E-state index in [9.17, 15) is 9.59 Å². The summed E-state index contributed by atoms with van der Waals surface area (Å²) in [5.74, 6) is 2.49. The fourth-order valence-electron chi connectivity index (χ4n) is 6.38. The van der Waals surface area contributed by atoms with Crippen LogP contribution in [0.1, 0.15) is 56.3 Å². The van der Waals surface area contributed by atoms with E-state index in [0.717, 1.165) is 11.8 Å². The molecule has 4 saturated carbocycles. The van der Waals surface area contributed by atoms with Gasteiger partial charge in [-0.3, -0.25) is 9.59 Å². The fraction of sp³-hybridized carbons (Fsp3) is 0.619. The van der Waals surface area contributed by atoms with Crippen molar-refractivity contribution in [1.29, 1.82) is 0 Å². The minimum absolute atomic E-state index is 0.0477. The number of halogens is 2. The second-order valence-electron chi connectivity index (χ2n) is 9.37. The van der Waals surface area contributed by atoms with Crippen molar-refractivity contribution in [1.82, 2.24) is 10.0 Å². The molecule has 0 N–H and O–H groups in total. The van der Waals surface area contributed by atoms with Gasteiger partial charge in [0.05, 0.1) is 16.6 Å². The molecular weight excluding hydrogens is 383 g/mol. The monoisotopic (exact) mass is 406 g/mol. The van der Waals surface area contributed by atoms with Crippen LogP contribution in [0.5, 0.6) is 0 Å². The Morgan fingerprint density at radius 2 is 1.63 bits per heavy atom. The number of rotatable bonds is 2. The molecule has 144 valence electrons. The van der Waals surface area contributed by atoms with Crippen molar-refractivity contribution in [3.05, 3.63) is 33.8 Å². The minimum Gasteiger partial charge on any atom is -0.270 e. The minimum atomic E-state index is -0.850. The lowest BCUT2D eigenvalue weighted by atomic mass is 9.53. The molecule has 2 amide bonds. The number of amides is 2. The molecule has 1 aromatic carbocycles. The first kappa shape index (κ1) is 17.8. The van der Waals surface area contributed by atoms with Crippen LogP contribution in [0.3, 0.4) is 0 Å². The Morgan fingerprint density at radius 1 is 1.04 bits per heavy atom. The van der Waals surface area contributed by atoms with Crippen LogP contribution in [0.25, 0.3) is 0 Å². The third-order valence-corrected chi connectivity index (χ3v) is 7.85. The first-order chi connectivity index (χ1) is 12.8. The summed E-state index contributed by atoms with van der Waals surface area (Å²) in [7, 11) is 0. The zero-order valence-electron chi connectivity index (χ0n) is 15.6. The van der Waals surface area contributed by atoms with Crippen LogP contribution >= 0.6 is 23.2 Å². The summed E-state index contributed by atoms with van der Waals surface area (Å²) in [6.07, 6.45) is 6.15. The highest BCUT2D eigenvalue weighted by Crippen LogP contribution is 2.57. The molecule has 0 aromatic heterocycles. The molecule has 0 unspecified atom stereocenters. The van der Waals surface area contributed by atoms with Crippen molar-refractivity contribution in [3.63, 3.8) is 0 Å². The lowest BCUT2D eigenvalue weighted by Crippen LogP contribution is -2.80. The quantitative estimate of drug-likeness (QED) is 0.707. The number of hydrazine groups is 1. The van der Waals surface area contributed by atoms with Crippen LogP contribution < -0.4 is 0 Å². The number of carbonyl (C=O) groups excluding carboxylic acids is 2. The van der Waals surface area contributed by atoms with Crippen LogP contribution in [-0.2, 0) is 4.79 Å². The van der Waals surface area contributed by atoms with E-state index in [1.165, 1.54) is 32.1 Å². The molecule has 0 radical (unpaired) electrons. The van der Waals surface area contributed by atoms with Gasteiger partial charge in [0.2, 0.25) is 0 Å². The molecule has 5 aliphatic rings. The summed E-state index contributed by atoms with van der Waals surface area (Å²) in [5.41, 5.74) is -0.490. The zero-order chi connectivity index (χ0) is 19.1. The maximum Gasteiger partial charge on any atom is 0.275 e. The van der Waals surface area contributed by atoms with Crippen molar-refractivity contribution in [2.24, 2.45) is 23.7 Å². The van der Waals surface area contributed by atoms with E-state index in [-0.39, 0.29) is 17.9 Å². The van der Waals surface area contributed by atoms with E-state index in [1.54, 1.807) is 28.2 Å². The zero-order valence-corrected chi connectivity index (χ0v) is 17.1.